The lowest BCUT2D eigenvalue weighted by atomic mass is 10.2. The second kappa shape index (κ2) is 10.9. The van der Waals surface area contributed by atoms with Crippen LogP contribution >= 0.6 is 12.4 Å². The predicted molar refractivity (Wildman–Crippen MR) is 45.0 cm³/mol. The van der Waals surface area contributed by atoms with Gasteiger partial charge in [-0.3, -0.25) is 0 Å². The quantitative estimate of drug-likeness (QED) is 0.470. The summed E-state index contributed by atoms with van der Waals surface area (Å²) in [5.41, 5.74) is 5.28. The molecule has 0 amide bonds. The van der Waals surface area contributed by atoms with E-state index in [1.165, 1.54) is 12.8 Å². The summed E-state index contributed by atoms with van der Waals surface area (Å²) in [4.78, 5) is 0. The first kappa shape index (κ1) is 11.7. The van der Waals surface area contributed by atoms with E-state index in [0.29, 0.717) is 0 Å². The van der Waals surface area contributed by atoms with Crippen LogP contribution in [0.4, 0.5) is 0 Å². The number of unbranched alkanes of at least 4 members (excludes halogenated alkanes) is 3. The van der Waals surface area contributed by atoms with Crippen molar-refractivity contribution in [2.24, 2.45) is 5.73 Å². The highest BCUT2D eigenvalue weighted by Gasteiger charge is 1.81. The molecular formula is C7H16ClN. The molecule has 0 aliphatic rings. The fourth-order valence-corrected chi connectivity index (χ4v) is 0.610. The molecule has 0 aliphatic carbocycles. The van der Waals surface area contributed by atoms with Gasteiger partial charge in [-0.1, -0.05) is 12.5 Å². The molecule has 2 heteroatoms. The highest BCUT2D eigenvalue weighted by molar-refractivity contribution is 5.85. The maximum atomic E-state index is 5.28. The van der Waals surface area contributed by atoms with E-state index >= 15 is 0 Å². The summed E-state index contributed by atoms with van der Waals surface area (Å²) in [5.74, 6) is 0. The first-order valence-electron chi connectivity index (χ1n) is 3.22. The predicted octanol–water partition coefficient (Wildman–Crippen LogP) is 2.11. The minimum atomic E-state index is 0. The van der Waals surface area contributed by atoms with Gasteiger partial charge in [-0.2, -0.15) is 0 Å². The Morgan fingerprint density at radius 3 is 2.33 bits per heavy atom. The van der Waals surface area contributed by atoms with Crippen LogP contribution in [0.1, 0.15) is 25.7 Å². The van der Waals surface area contributed by atoms with E-state index < -0.39 is 0 Å². The third-order valence-corrected chi connectivity index (χ3v) is 1.11. The Bertz CT molecular complexity index is 54.9. The molecule has 0 aliphatic heterocycles. The highest BCUT2D eigenvalue weighted by Crippen LogP contribution is 1.97. The topological polar surface area (TPSA) is 26.0 Å². The molecule has 0 radical (unpaired) electrons. The van der Waals surface area contributed by atoms with Crippen LogP contribution in [0.15, 0.2) is 12.7 Å². The third kappa shape index (κ3) is 11.5. The molecule has 56 valence electrons. The zero-order chi connectivity index (χ0) is 6.24. The molecule has 0 saturated carbocycles. The van der Waals surface area contributed by atoms with E-state index in [1.54, 1.807) is 0 Å². The molecule has 0 spiro atoms. The Hall–Kier alpha value is -0.0100. The van der Waals surface area contributed by atoms with Crippen molar-refractivity contribution in [3.05, 3.63) is 12.7 Å². The van der Waals surface area contributed by atoms with Crippen molar-refractivity contribution in [3.63, 3.8) is 0 Å². The number of nitrogens with two attached hydrogens (primary N) is 1. The minimum Gasteiger partial charge on any atom is -0.330 e. The van der Waals surface area contributed by atoms with Crippen LogP contribution in [0.5, 0.6) is 0 Å². The van der Waals surface area contributed by atoms with Crippen molar-refractivity contribution in [2.45, 2.75) is 25.7 Å². The molecule has 0 aromatic rings. The molecule has 0 heterocycles. The van der Waals surface area contributed by atoms with Crippen LogP contribution in [0.3, 0.4) is 0 Å². The molecule has 0 bridgehead atoms. The average Bonchev–Trinajstić information content (AvgIpc) is 1.81. The van der Waals surface area contributed by atoms with Gasteiger partial charge < -0.3 is 5.73 Å². The van der Waals surface area contributed by atoms with Gasteiger partial charge in [-0.25, -0.2) is 0 Å². The van der Waals surface area contributed by atoms with Gasteiger partial charge in [0.15, 0.2) is 0 Å². The maximum Gasteiger partial charge on any atom is -0.00773 e. The van der Waals surface area contributed by atoms with Gasteiger partial charge in [-0.05, 0) is 25.8 Å². The monoisotopic (exact) mass is 149 g/mol. The van der Waals surface area contributed by atoms with E-state index in [9.17, 15) is 0 Å². The number of rotatable bonds is 5. The third-order valence-electron chi connectivity index (χ3n) is 1.11. The summed E-state index contributed by atoms with van der Waals surface area (Å²) in [6.07, 6.45) is 6.76. The van der Waals surface area contributed by atoms with Crippen LogP contribution in [-0.4, -0.2) is 6.54 Å². The maximum absolute atomic E-state index is 5.28. The molecule has 0 rings (SSSR count). The second-order valence-corrected chi connectivity index (χ2v) is 1.93. The smallest absolute Gasteiger partial charge is 0.00773 e. The molecular weight excluding hydrogens is 134 g/mol. The van der Waals surface area contributed by atoms with Gasteiger partial charge in [-0.15, -0.1) is 19.0 Å². The lowest BCUT2D eigenvalue weighted by Gasteiger charge is -1.91. The van der Waals surface area contributed by atoms with Crippen molar-refractivity contribution in [2.75, 3.05) is 6.54 Å². The zero-order valence-electron chi connectivity index (χ0n) is 5.81. The van der Waals surface area contributed by atoms with Crippen LogP contribution in [0, 0.1) is 0 Å². The lowest BCUT2D eigenvalue weighted by molar-refractivity contribution is 0.696. The van der Waals surface area contributed by atoms with Gasteiger partial charge >= 0.3 is 0 Å². The average molecular weight is 150 g/mol. The number of hydrogen-bond donors (Lipinski definition) is 1. The van der Waals surface area contributed by atoms with E-state index in [-0.39, 0.29) is 12.4 Å². The summed E-state index contributed by atoms with van der Waals surface area (Å²) < 4.78 is 0. The summed E-state index contributed by atoms with van der Waals surface area (Å²) in [6, 6.07) is 0. The normalized spacial score (nSPS) is 8.11. The van der Waals surface area contributed by atoms with E-state index in [0.717, 1.165) is 19.4 Å². The first-order valence-corrected chi connectivity index (χ1v) is 3.22. The first-order chi connectivity index (χ1) is 3.91. The Labute approximate surface area is 63.7 Å². The fraction of sp³-hybridized carbons (Fsp3) is 0.714. The molecule has 0 atom stereocenters. The van der Waals surface area contributed by atoms with Gasteiger partial charge in [0.25, 0.3) is 0 Å². The Morgan fingerprint density at radius 2 is 1.89 bits per heavy atom. The summed E-state index contributed by atoms with van der Waals surface area (Å²) >= 11 is 0. The van der Waals surface area contributed by atoms with Crippen molar-refractivity contribution in [1.82, 2.24) is 0 Å². The summed E-state index contributed by atoms with van der Waals surface area (Å²) in [5, 5.41) is 0. The number of hydrogen-bond acceptors (Lipinski definition) is 1. The van der Waals surface area contributed by atoms with E-state index in [2.05, 4.69) is 6.58 Å². The van der Waals surface area contributed by atoms with Gasteiger partial charge in [0.1, 0.15) is 0 Å². The van der Waals surface area contributed by atoms with Crippen LogP contribution in [0.2, 0.25) is 0 Å². The molecule has 0 fully saturated rings. The Morgan fingerprint density at radius 1 is 1.22 bits per heavy atom. The number of halogens is 1. The Kier molecular flexibility index (Phi) is 14.2. The number of allylic oxidation sites excluding steroid dienone is 1. The van der Waals surface area contributed by atoms with Crippen molar-refractivity contribution in [3.8, 4) is 0 Å². The summed E-state index contributed by atoms with van der Waals surface area (Å²) in [6.45, 7) is 4.46. The van der Waals surface area contributed by atoms with Crippen LogP contribution in [-0.2, 0) is 0 Å². The van der Waals surface area contributed by atoms with Crippen LogP contribution in [0.25, 0.3) is 0 Å². The fourth-order valence-electron chi connectivity index (χ4n) is 0.610. The van der Waals surface area contributed by atoms with Gasteiger partial charge in [0, 0.05) is 0 Å². The molecule has 0 aromatic heterocycles. The van der Waals surface area contributed by atoms with E-state index in [4.69, 9.17) is 5.73 Å². The molecule has 0 unspecified atom stereocenters. The molecule has 0 aromatic carbocycles. The highest BCUT2D eigenvalue weighted by atomic mass is 35.5. The van der Waals surface area contributed by atoms with Crippen molar-refractivity contribution in [1.29, 1.82) is 0 Å². The zero-order valence-corrected chi connectivity index (χ0v) is 6.62. The minimum absolute atomic E-state index is 0. The molecule has 2 N–H and O–H groups in total. The summed E-state index contributed by atoms with van der Waals surface area (Å²) in [7, 11) is 0. The van der Waals surface area contributed by atoms with Crippen molar-refractivity contribution >= 4 is 12.4 Å². The SMILES string of the molecule is C=CCCCCCN.Cl. The van der Waals surface area contributed by atoms with Gasteiger partial charge in [0.05, 0.1) is 0 Å². The Balaban J connectivity index is 0. The van der Waals surface area contributed by atoms with Gasteiger partial charge in [0.2, 0.25) is 0 Å². The second-order valence-electron chi connectivity index (χ2n) is 1.93. The lowest BCUT2D eigenvalue weighted by Crippen LogP contribution is -1.97. The molecule has 0 saturated heterocycles. The molecule has 1 nitrogen and oxygen atoms in total. The van der Waals surface area contributed by atoms with Crippen LogP contribution < -0.4 is 5.73 Å². The van der Waals surface area contributed by atoms with E-state index in [1.807, 2.05) is 6.08 Å². The largest absolute Gasteiger partial charge is 0.330 e. The molecule has 9 heavy (non-hydrogen) atoms. The standard InChI is InChI=1S/C7H15N.ClH/c1-2-3-4-5-6-7-8;/h2H,1,3-8H2;1H. The van der Waals surface area contributed by atoms with Crippen molar-refractivity contribution < 1.29 is 0 Å².